The average molecular weight is 1420 g/mol. The van der Waals surface area contributed by atoms with E-state index in [4.69, 9.17) is 9.47 Å². The molecule has 0 amide bonds. The van der Waals surface area contributed by atoms with E-state index in [-0.39, 0.29) is 10.8 Å². The Hall–Kier alpha value is -12.8. The van der Waals surface area contributed by atoms with Crippen LogP contribution in [-0.4, -0.2) is 13.2 Å². The molecule has 0 aromatic heterocycles. The van der Waals surface area contributed by atoms with Crippen LogP contribution in [0.1, 0.15) is 109 Å². The van der Waals surface area contributed by atoms with Gasteiger partial charge in [-0.25, -0.2) is 0 Å². The highest BCUT2D eigenvalue weighted by Gasteiger charge is 2.46. The van der Waals surface area contributed by atoms with Gasteiger partial charge >= 0.3 is 0 Å². The molecule has 534 valence electrons. The third-order valence-corrected chi connectivity index (χ3v) is 23.5. The summed E-state index contributed by atoms with van der Waals surface area (Å²) in [7, 11) is 0. The number of hydrogen-bond donors (Lipinski definition) is 0. The molecule has 0 aliphatic heterocycles. The van der Waals surface area contributed by atoms with E-state index in [1.54, 1.807) is 0 Å². The molecule has 0 fully saturated rings. The van der Waals surface area contributed by atoms with Crippen LogP contribution in [0.4, 0.5) is 34.1 Å². The molecule has 0 saturated heterocycles. The monoisotopic (exact) mass is 1420 g/mol. The predicted octanol–water partition coefficient (Wildman–Crippen LogP) is 28.9. The fourth-order valence-electron chi connectivity index (χ4n) is 18.1. The van der Waals surface area contributed by atoms with Gasteiger partial charge in [0.25, 0.3) is 0 Å². The lowest BCUT2D eigenvalue weighted by molar-refractivity contribution is 0.303. The molecule has 0 N–H and O–H groups in total. The number of unbranched alkanes of at least 4 members (excludes halogenated alkanes) is 6. The molecule has 0 saturated carbocycles. The van der Waals surface area contributed by atoms with Crippen LogP contribution < -0.4 is 19.3 Å². The number of hydrogen-bond acceptors (Lipinski definition) is 4. The Labute approximate surface area is 647 Å². The standard InChI is InChI=1S/C106H88N2O2/c1-3-75-39-59-91(60-40-75)109-69-25-7-5-23-67-105(83-29-11-9-12-30-83)101-37-21-19-35-97(101)99-65-57-89(73-103(99)105)107(87-55-63-95-81(71-87)45-43-79-27-15-17-33-93(79)95)85-51-47-77(48-52-85)78-49-53-86(54-50-78)108(88-56-64-96-82(72-88)46-44-80-28-16-18-34-94(80)96)90-58-66-100-98-36-20-22-38-102(98)106(104(100)74-90,84-31-13-10-14-32-84)68-24-6-8-26-70-110-92-61-41-76(4-2)42-62-92/h3-4,9-22,27-66,71-74H,1-2,5-8,23-26,67-70H2. The lowest BCUT2D eigenvalue weighted by atomic mass is 9.69. The Balaban J connectivity index is 0.691. The molecule has 2 atom stereocenters. The van der Waals surface area contributed by atoms with Crippen LogP contribution >= 0.6 is 0 Å². The van der Waals surface area contributed by atoms with Gasteiger partial charge in [0, 0.05) is 45.0 Å². The topological polar surface area (TPSA) is 24.9 Å². The van der Waals surface area contributed by atoms with Gasteiger partial charge in [0.05, 0.1) is 13.2 Å². The van der Waals surface area contributed by atoms with Crippen molar-refractivity contribution in [2.24, 2.45) is 0 Å². The first kappa shape index (κ1) is 69.0. The lowest BCUT2D eigenvalue weighted by Gasteiger charge is -2.34. The molecule has 0 radical (unpaired) electrons. The second kappa shape index (κ2) is 30.5. The van der Waals surface area contributed by atoms with E-state index in [9.17, 15) is 0 Å². The molecule has 16 aromatic carbocycles. The first-order valence-electron chi connectivity index (χ1n) is 39.4. The summed E-state index contributed by atoms with van der Waals surface area (Å²) in [5.41, 5.74) is 23.7. The van der Waals surface area contributed by atoms with Gasteiger partial charge in [-0.15, -0.1) is 0 Å². The van der Waals surface area contributed by atoms with Gasteiger partial charge in [-0.05, 0) is 244 Å². The molecule has 0 bridgehead atoms. The zero-order valence-electron chi connectivity index (χ0n) is 62.3. The first-order valence-corrected chi connectivity index (χ1v) is 39.4. The van der Waals surface area contributed by atoms with Gasteiger partial charge in [0.1, 0.15) is 11.5 Å². The maximum absolute atomic E-state index is 6.22. The van der Waals surface area contributed by atoms with Crippen molar-refractivity contribution >= 4 is 89.4 Å². The smallest absolute Gasteiger partial charge is 0.119 e. The van der Waals surface area contributed by atoms with E-state index in [0.29, 0.717) is 13.2 Å². The van der Waals surface area contributed by atoms with Gasteiger partial charge in [0.15, 0.2) is 0 Å². The molecule has 16 aromatic rings. The summed E-state index contributed by atoms with van der Waals surface area (Å²) in [4.78, 5) is 4.97. The van der Waals surface area contributed by atoms with Crippen molar-refractivity contribution in [2.75, 3.05) is 23.0 Å². The molecular weight excluding hydrogens is 1330 g/mol. The maximum atomic E-state index is 6.22. The number of nitrogens with zero attached hydrogens (tertiary/aromatic N) is 2. The Morgan fingerprint density at radius 3 is 1.02 bits per heavy atom. The summed E-state index contributed by atoms with van der Waals surface area (Å²) in [6, 6.07) is 131. The van der Waals surface area contributed by atoms with Crippen molar-refractivity contribution in [3.05, 3.63) is 410 Å². The van der Waals surface area contributed by atoms with E-state index in [1.165, 1.54) is 98.7 Å². The van der Waals surface area contributed by atoms with Crippen molar-refractivity contribution in [1.82, 2.24) is 0 Å². The van der Waals surface area contributed by atoms with E-state index in [0.717, 1.165) is 132 Å². The number of fused-ring (bicyclic) bond motifs is 12. The second-order valence-corrected chi connectivity index (χ2v) is 29.8. The minimum atomic E-state index is -0.369. The van der Waals surface area contributed by atoms with Crippen LogP contribution in [0.2, 0.25) is 0 Å². The minimum absolute atomic E-state index is 0.369. The van der Waals surface area contributed by atoms with Crippen molar-refractivity contribution in [3.63, 3.8) is 0 Å². The van der Waals surface area contributed by atoms with Gasteiger partial charge in [-0.1, -0.05) is 319 Å². The van der Waals surface area contributed by atoms with Crippen molar-refractivity contribution < 1.29 is 9.47 Å². The summed E-state index contributed by atoms with van der Waals surface area (Å²) in [5, 5.41) is 9.89. The third-order valence-electron chi connectivity index (χ3n) is 23.5. The Morgan fingerprint density at radius 2 is 0.591 bits per heavy atom. The Kier molecular flexibility index (Phi) is 19.1. The number of ether oxygens (including phenoxy) is 2. The first-order chi connectivity index (χ1) is 54.4. The molecule has 18 rings (SSSR count). The minimum Gasteiger partial charge on any atom is -0.494 e. The summed E-state index contributed by atoms with van der Waals surface area (Å²) in [6.45, 7) is 9.22. The molecule has 0 heterocycles. The highest BCUT2D eigenvalue weighted by molar-refractivity contribution is 6.10. The van der Waals surface area contributed by atoms with Crippen molar-refractivity contribution in [3.8, 4) is 44.9 Å². The van der Waals surface area contributed by atoms with E-state index in [1.807, 2.05) is 36.4 Å². The van der Waals surface area contributed by atoms with Gasteiger partial charge in [-0.3, -0.25) is 0 Å². The lowest BCUT2D eigenvalue weighted by Crippen LogP contribution is -2.27. The number of anilines is 6. The van der Waals surface area contributed by atoms with Crippen molar-refractivity contribution in [2.45, 2.75) is 75.0 Å². The summed E-state index contributed by atoms with van der Waals surface area (Å²) < 4.78 is 12.4. The zero-order valence-corrected chi connectivity index (χ0v) is 62.3. The SMILES string of the molecule is C=Cc1ccc(OCCCCCCC2(c3ccccc3)c3ccccc3-c3ccc(N(c4ccc(-c5ccc(N(c6ccc7c(c6)C(CCCCCCOc6ccc(C=C)cc6)(c6ccccc6)c6ccccc6-7)c6ccc7c(ccc8ccccc87)c6)cc5)cc4)c4ccc5c(ccc6ccccc65)c4)cc32)cc1. The highest BCUT2D eigenvalue weighted by atomic mass is 16.5. The quantitative estimate of drug-likeness (QED) is 0.0378. The molecule has 4 heteroatoms. The van der Waals surface area contributed by atoms with Gasteiger partial charge < -0.3 is 19.3 Å². The largest absolute Gasteiger partial charge is 0.494 e. The van der Waals surface area contributed by atoms with Crippen LogP contribution in [0.25, 0.3) is 88.6 Å². The molecule has 0 spiro atoms. The van der Waals surface area contributed by atoms with E-state index < -0.39 is 0 Å². The molecule has 2 unspecified atom stereocenters. The third kappa shape index (κ3) is 13.0. The normalized spacial score (nSPS) is 14.6. The number of rotatable bonds is 27. The van der Waals surface area contributed by atoms with E-state index in [2.05, 4.69) is 351 Å². The van der Waals surface area contributed by atoms with Gasteiger partial charge in [-0.2, -0.15) is 0 Å². The van der Waals surface area contributed by atoms with Gasteiger partial charge in [0.2, 0.25) is 0 Å². The fraction of sp³-hybridized carbons (Fsp3) is 0.132. The van der Waals surface area contributed by atoms with Crippen LogP contribution in [0, 0.1) is 0 Å². The highest BCUT2D eigenvalue weighted by Crippen LogP contribution is 2.59. The second-order valence-electron chi connectivity index (χ2n) is 29.8. The Morgan fingerprint density at radius 1 is 0.255 bits per heavy atom. The molecule has 2 aliphatic carbocycles. The average Bonchev–Trinajstić information content (AvgIpc) is 1.55. The summed E-state index contributed by atoms with van der Waals surface area (Å²) in [6.07, 6.45) is 14.2. The molecule has 4 nitrogen and oxygen atoms in total. The zero-order chi connectivity index (χ0) is 73.8. The Bertz CT molecular complexity index is 5650. The molecule has 110 heavy (non-hydrogen) atoms. The maximum Gasteiger partial charge on any atom is 0.119 e. The van der Waals surface area contributed by atoms with Crippen LogP contribution in [-0.2, 0) is 10.8 Å². The molecule has 2 aliphatic rings. The van der Waals surface area contributed by atoms with Crippen LogP contribution in [0.15, 0.2) is 365 Å². The van der Waals surface area contributed by atoms with E-state index >= 15 is 0 Å². The summed E-state index contributed by atoms with van der Waals surface area (Å²) in [5.74, 6) is 1.81. The summed E-state index contributed by atoms with van der Waals surface area (Å²) >= 11 is 0. The predicted molar refractivity (Wildman–Crippen MR) is 465 cm³/mol. The van der Waals surface area contributed by atoms with Crippen LogP contribution in [0.5, 0.6) is 11.5 Å². The fourth-order valence-corrected chi connectivity index (χ4v) is 18.1. The molecular formula is C106H88N2O2. The van der Waals surface area contributed by atoms with Crippen molar-refractivity contribution in [1.29, 1.82) is 0 Å². The number of benzene rings is 16. The van der Waals surface area contributed by atoms with Crippen LogP contribution in [0.3, 0.4) is 0 Å².